The van der Waals surface area contributed by atoms with Crippen molar-refractivity contribution in [3.05, 3.63) is 59.7 Å². The monoisotopic (exact) mass is 306 g/mol. The summed E-state index contributed by atoms with van der Waals surface area (Å²) in [7, 11) is 0. The molecule has 2 aromatic rings. The van der Waals surface area contributed by atoms with Gasteiger partial charge in [0, 0.05) is 23.8 Å². The standard InChI is InChI=1S/C19H18N2O2/c1-12-10-13-6-2-5-9-17(13)21(12)19(23)15-11-18(22)20-16-8-4-3-7-14(15)16/h2-9,12,15H,10-11H2,1H3,(H,20,22). The van der Waals surface area contributed by atoms with Gasteiger partial charge in [0.25, 0.3) is 0 Å². The van der Waals surface area contributed by atoms with E-state index in [9.17, 15) is 9.59 Å². The van der Waals surface area contributed by atoms with Crippen LogP contribution in [0.4, 0.5) is 11.4 Å². The van der Waals surface area contributed by atoms with E-state index in [4.69, 9.17) is 0 Å². The maximum atomic E-state index is 13.2. The number of rotatable bonds is 1. The topological polar surface area (TPSA) is 49.4 Å². The molecule has 2 heterocycles. The van der Waals surface area contributed by atoms with E-state index in [-0.39, 0.29) is 24.3 Å². The van der Waals surface area contributed by atoms with Gasteiger partial charge in [-0.3, -0.25) is 9.59 Å². The van der Waals surface area contributed by atoms with E-state index in [0.717, 1.165) is 23.4 Å². The normalized spacial score (nSPS) is 22.3. The molecule has 0 saturated carbocycles. The van der Waals surface area contributed by atoms with E-state index < -0.39 is 5.92 Å². The zero-order valence-electron chi connectivity index (χ0n) is 13.0. The summed E-state index contributed by atoms with van der Waals surface area (Å²) in [5, 5.41) is 2.86. The summed E-state index contributed by atoms with van der Waals surface area (Å²) in [5.41, 5.74) is 3.84. The van der Waals surface area contributed by atoms with Gasteiger partial charge in [-0.05, 0) is 36.6 Å². The highest BCUT2D eigenvalue weighted by Gasteiger charge is 2.38. The van der Waals surface area contributed by atoms with Gasteiger partial charge in [-0.1, -0.05) is 36.4 Å². The second-order valence-corrected chi connectivity index (χ2v) is 6.28. The molecule has 2 atom stereocenters. The molecule has 0 bridgehead atoms. The van der Waals surface area contributed by atoms with Gasteiger partial charge in [-0.25, -0.2) is 0 Å². The number of fused-ring (bicyclic) bond motifs is 2. The molecule has 2 aliphatic heterocycles. The Labute approximate surface area is 135 Å². The number of para-hydroxylation sites is 2. The largest absolute Gasteiger partial charge is 0.326 e. The molecule has 4 nitrogen and oxygen atoms in total. The van der Waals surface area contributed by atoms with Crippen LogP contribution in [0.2, 0.25) is 0 Å². The maximum Gasteiger partial charge on any atom is 0.235 e. The predicted octanol–water partition coefficient (Wildman–Crippen LogP) is 3.09. The van der Waals surface area contributed by atoms with Gasteiger partial charge in [0.2, 0.25) is 11.8 Å². The number of carbonyl (C=O) groups is 2. The average molecular weight is 306 g/mol. The summed E-state index contributed by atoms with van der Waals surface area (Å²) in [6, 6.07) is 15.7. The average Bonchev–Trinajstić information content (AvgIpc) is 2.89. The fraction of sp³-hybridized carbons (Fsp3) is 0.263. The smallest absolute Gasteiger partial charge is 0.235 e. The Morgan fingerprint density at radius 2 is 1.83 bits per heavy atom. The summed E-state index contributed by atoms with van der Waals surface area (Å²) in [4.78, 5) is 27.1. The van der Waals surface area contributed by atoms with Crippen molar-refractivity contribution in [3.63, 3.8) is 0 Å². The van der Waals surface area contributed by atoms with Crippen LogP contribution in [0.25, 0.3) is 0 Å². The Morgan fingerprint density at radius 1 is 1.09 bits per heavy atom. The third-order valence-electron chi connectivity index (χ3n) is 4.74. The third-order valence-corrected chi connectivity index (χ3v) is 4.74. The molecule has 2 aliphatic rings. The minimum atomic E-state index is -0.409. The summed E-state index contributed by atoms with van der Waals surface area (Å²) in [6.07, 6.45) is 1.07. The van der Waals surface area contributed by atoms with Crippen molar-refractivity contribution in [2.45, 2.75) is 31.7 Å². The van der Waals surface area contributed by atoms with Crippen LogP contribution >= 0.6 is 0 Å². The molecule has 0 spiro atoms. The van der Waals surface area contributed by atoms with Gasteiger partial charge in [-0.2, -0.15) is 0 Å². The van der Waals surface area contributed by atoms with Crippen LogP contribution in [0, 0.1) is 0 Å². The molecule has 2 unspecified atom stereocenters. The number of nitrogens with zero attached hydrogens (tertiary/aromatic N) is 1. The maximum absolute atomic E-state index is 13.2. The molecule has 0 fully saturated rings. The van der Waals surface area contributed by atoms with Crippen molar-refractivity contribution in [2.75, 3.05) is 10.2 Å². The van der Waals surface area contributed by atoms with Crippen LogP contribution in [0.3, 0.4) is 0 Å². The summed E-state index contributed by atoms with van der Waals surface area (Å²) in [6.45, 7) is 2.06. The number of benzene rings is 2. The second-order valence-electron chi connectivity index (χ2n) is 6.28. The number of nitrogens with one attached hydrogen (secondary N) is 1. The van der Waals surface area contributed by atoms with E-state index in [1.807, 2.05) is 47.4 Å². The van der Waals surface area contributed by atoms with Crippen LogP contribution in [-0.4, -0.2) is 17.9 Å². The van der Waals surface area contributed by atoms with E-state index in [2.05, 4.69) is 18.3 Å². The molecule has 0 aliphatic carbocycles. The fourth-order valence-corrected chi connectivity index (χ4v) is 3.70. The van der Waals surface area contributed by atoms with E-state index >= 15 is 0 Å². The Bertz CT molecular complexity index is 799. The highest BCUT2D eigenvalue weighted by atomic mass is 16.2. The molecule has 116 valence electrons. The number of amides is 2. The minimum absolute atomic E-state index is 0.0183. The van der Waals surface area contributed by atoms with Crippen molar-refractivity contribution in [1.82, 2.24) is 0 Å². The van der Waals surface area contributed by atoms with E-state index in [1.54, 1.807) is 0 Å². The van der Waals surface area contributed by atoms with Crippen molar-refractivity contribution < 1.29 is 9.59 Å². The quantitative estimate of drug-likeness (QED) is 0.880. The first-order valence-corrected chi connectivity index (χ1v) is 7.95. The zero-order valence-corrected chi connectivity index (χ0v) is 13.0. The highest BCUT2D eigenvalue weighted by Crippen LogP contribution is 2.38. The first-order valence-electron chi connectivity index (χ1n) is 7.95. The number of anilines is 2. The van der Waals surface area contributed by atoms with Gasteiger partial charge in [0.05, 0.1) is 5.92 Å². The Hall–Kier alpha value is -2.62. The van der Waals surface area contributed by atoms with Crippen molar-refractivity contribution in [3.8, 4) is 0 Å². The van der Waals surface area contributed by atoms with Crippen molar-refractivity contribution in [2.24, 2.45) is 0 Å². The number of carbonyl (C=O) groups excluding carboxylic acids is 2. The van der Waals surface area contributed by atoms with Gasteiger partial charge >= 0.3 is 0 Å². The lowest BCUT2D eigenvalue weighted by Gasteiger charge is -2.31. The third kappa shape index (κ3) is 2.22. The summed E-state index contributed by atoms with van der Waals surface area (Å²) in [5.74, 6) is -0.486. The van der Waals surface area contributed by atoms with Crippen LogP contribution in [0.5, 0.6) is 0 Å². The lowest BCUT2D eigenvalue weighted by atomic mass is 9.89. The lowest BCUT2D eigenvalue weighted by Crippen LogP contribution is -2.41. The van der Waals surface area contributed by atoms with Crippen molar-refractivity contribution >= 4 is 23.2 Å². The van der Waals surface area contributed by atoms with Gasteiger partial charge < -0.3 is 10.2 Å². The molecule has 4 heteroatoms. The van der Waals surface area contributed by atoms with Crippen LogP contribution in [-0.2, 0) is 16.0 Å². The molecule has 2 aromatic carbocycles. The van der Waals surface area contributed by atoms with Gasteiger partial charge in [0.15, 0.2) is 0 Å². The van der Waals surface area contributed by atoms with E-state index in [1.165, 1.54) is 5.56 Å². The fourth-order valence-electron chi connectivity index (χ4n) is 3.70. The molecule has 0 saturated heterocycles. The lowest BCUT2D eigenvalue weighted by molar-refractivity contribution is -0.124. The molecule has 0 radical (unpaired) electrons. The molecular weight excluding hydrogens is 288 g/mol. The zero-order chi connectivity index (χ0) is 16.0. The summed E-state index contributed by atoms with van der Waals surface area (Å²) < 4.78 is 0. The number of hydrogen-bond donors (Lipinski definition) is 1. The van der Waals surface area contributed by atoms with Crippen LogP contribution < -0.4 is 10.2 Å². The minimum Gasteiger partial charge on any atom is -0.326 e. The predicted molar refractivity (Wildman–Crippen MR) is 89.5 cm³/mol. The Kier molecular flexibility index (Phi) is 3.18. The van der Waals surface area contributed by atoms with Gasteiger partial charge in [-0.15, -0.1) is 0 Å². The Morgan fingerprint density at radius 3 is 2.70 bits per heavy atom. The number of hydrogen-bond acceptors (Lipinski definition) is 2. The Balaban J connectivity index is 1.74. The molecule has 23 heavy (non-hydrogen) atoms. The first kappa shape index (κ1) is 14.0. The molecular formula is C19H18N2O2. The SMILES string of the molecule is CC1Cc2ccccc2N1C(=O)C1CC(=O)Nc2ccccc21. The van der Waals surface area contributed by atoms with Crippen LogP contribution in [0.1, 0.15) is 30.4 Å². The molecule has 0 aromatic heterocycles. The first-order chi connectivity index (χ1) is 11.1. The molecule has 2 amide bonds. The van der Waals surface area contributed by atoms with Gasteiger partial charge in [0.1, 0.15) is 0 Å². The highest BCUT2D eigenvalue weighted by molar-refractivity contribution is 6.07. The van der Waals surface area contributed by atoms with Crippen LogP contribution in [0.15, 0.2) is 48.5 Å². The molecule has 1 N–H and O–H groups in total. The molecule has 4 rings (SSSR count). The summed E-state index contributed by atoms with van der Waals surface area (Å²) >= 11 is 0. The van der Waals surface area contributed by atoms with E-state index in [0.29, 0.717) is 0 Å². The second kappa shape index (κ2) is 5.23. The van der Waals surface area contributed by atoms with Crippen molar-refractivity contribution in [1.29, 1.82) is 0 Å².